The predicted octanol–water partition coefficient (Wildman–Crippen LogP) is 2.66. The van der Waals surface area contributed by atoms with Gasteiger partial charge in [-0.05, 0) is 43.3 Å². The SMILES string of the molecule is Cc1ccc(N2C(=O)NC(=O)[C@@H](C=Nc3ccc(N(C)C)cc3)C2=O)cc1. The molecule has 1 fully saturated rings. The molecule has 2 aromatic rings. The molecule has 0 saturated carbocycles. The lowest BCUT2D eigenvalue weighted by Gasteiger charge is -2.28. The van der Waals surface area contributed by atoms with Gasteiger partial charge in [-0.25, -0.2) is 9.69 Å². The lowest BCUT2D eigenvalue weighted by molar-refractivity contribution is -0.131. The number of anilines is 2. The zero-order valence-corrected chi connectivity index (χ0v) is 15.3. The molecular weight excluding hydrogens is 344 g/mol. The topological polar surface area (TPSA) is 82.1 Å². The smallest absolute Gasteiger partial charge is 0.335 e. The fourth-order valence-electron chi connectivity index (χ4n) is 2.66. The largest absolute Gasteiger partial charge is 0.378 e. The van der Waals surface area contributed by atoms with E-state index in [9.17, 15) is 14.4 Å². The van der Waals surface area contributed by atoms with Crippen molar-refractivity contribution in [2.45, 2.75) is 6.92 Å². The van der Waals surface area contributed by atoms with Crippen molar-refractivity contribution in [3.8, 4) is 0 Å². The second kappa shape index (κ2) is 7.41. The van der Waals surface area contributed by atoms with Crippen LogP contribution in [-0.2, 0) is 9.59 Å². The zero-order valence-electron chi connectivity index (χ0n) is 15.3. The first kappa shape index (κ1) is 18.3. The van der Waals surface area contributed by atoms with E-state index in [-0.39, 0.29) is 0 Å². The summed E-state index contributed by atoms with van der Waals surface area (Å²) in [6, 6.07) is 13.5. The van der Waals surface area contributed by atoms with Crippen molar-refractivity contribution in [3.63, 3.8) is 0 Å². The molecule has 0 unspecified atom stereocenters. The van der Waals surface area contributed by atoms with Crippen LogP contribution in [0.5, 0.6) is 0 Å². The number of amides is 4. The van der Waals surface area contributed by atoms with Crippen LogP contribution in [0.2, 0.25) is 0 Å². The summed E-state index contributed by atoms with van der Waals surface area (Å²) in [6.07, 6.45) is 1.27. The number of aryl methyl sites for hydroxylation is 1. The standard InChI is InChI=1S/C20H20N4O3/c1-13-4-8-16(9-5-13)24-19(26)17(18(25)22-20(24)27)12-21-14-6-10-15(11-7-14)23(2)3/h4-12,17H,1-3H3,(H,22,25,27)/t17-/m1/s1. The van der Waals surface area contributed by atoms with Gasteiger partial charge in [0.2, 0.25) is 5.91 Å². The van der Waals surface area contributed by atoms with E-state index in [4.69, 9.17) is 0 Å². The van der Waals surface area contributed by atoms with Gasteiger partial charge in [0.05, 0.1) is 11.4 Å². The van der Waals surface area contributed by atoms with E-state index >= 15 is 0 Å². The third kappa shape index (κ3) is 3.87. The summed E-state index contributed by atoms with van der Waals surface area (Å²) in [7, 11) is 3.86. The van der Waals surface area contributed by atoms with Crippen LogP contribution >= 0.6 is 0 Å². The molecule has 1 N–H and O–H groups in total. The molecule has 2 aromatic carbocycles. The van der Waals surface area contributed by atoms with Crippen molar-refractivity contribution in [1.82, 2.24) is 5.32 Å². The van der Waals surface area contributed by atoms with Gasteiger partial charge >= 0.3 is 6.03 Å². The molecule has 0 aromatic heterocycles. The lowest BCUT2D eigenvalue weighted by atomic mass is 10.1. The number of urea groups is 1. The van der Waals surface area contributed by atoms with Gasteiger partial charge in [0.25, 0.3) is 5.91 Å². The Morgan fingerprint density at radius 3 is 2.22 bits per heavy atom. The third-order valence-corrected chi connectivity index (χ3v) is 4.23. The van der Waals surface area contributed by atoms with E-state index in [1.54, 1.807) is 36.4 Å². The molecule has 4 amide bonds. The summed E-state index contributed by atoms with van der Waals surface area (Å²) in [4.78, 5) is 44.2. The van der Waals surface area contributed by atoms with Crippen LogP contribution in [0.1, 0.15) is 5.56 Å². The number of benzene rings is 2. The van der Waals surface area contributed by atoms with Crippen LogP contribution in [0.25, 0.3) is 0 Å². The number of nitrogens with zero attached hydrogens (tertiary/aromatic N) is 3. The fourth-order valence-corrected chi connectivity index (χ4v) is 2.66. The first-order valence-electron chi connectivity index (χ1n) is 8.44. The molecule has 1 atom stereocenters. The molecule has 7 heteroatoms. The van der Waals surface area contributed by atoms with E-state index in [0.29, 0.717) is 11.4 Å². The second-order valence-electron chi connectivity index (χ2n) is 6.47. The highest BCUT2D eigenvalue weighted by molar-refractivity contribution is 6.32. The minimum absolute atomic E-state index is 0.407. The highest BCUT2D eigenvalue weighted by atomic mass is 16.2. The van der Waals surface area contributed by atoms with E-state index < -0.39 is 23.8 Å². The number of nitrogens with one attached hydrogen (secondary N) is 1. The Balaban J connectivity index is 1.83. The van der Waals surface area contributed by atoms with Gasteiger partial charge in [-0.2, -0.15) is 0 Å². The van der Waals surface area contributed by atoms with Gasteiger partial charge in [-0.15, -0.1) is 0 Å². The Kier molecular flexibility index (Phi) is 5.03. The van der Waals surface area contributed by atoms with Crippen molar-refractivity contribution in [2.75, 3.05) is 23.9 Å². The van der Waals surface area contributed by atoms with Crippen LogP contribution in [0.3, 0.4) is 0 Å². The van der Waals surface area contributed by atoms with Crippen molar-refractivity contribution in [3.05, 3.63) is 54.1 Å². The molecule has 1 heterocycles. The predicted molar refractivity (Wildman–Crippen MR) is 105 cm³/mol. The summed E-state index contributed by atoms with van der Waals surface area (Å²) in [5, 5.41) is 2.21. The van der Waals surface area contributed by atoms with Crippen molar-refractivity contribution in [2.24, 2.45) is 10.9 Å². The Morgan fingerprint density at radius 2 is 1.63 bits per heavy atom. The van der Waals surface area contributed by atoms with Crippen LogP contribution in [0, 0.1) is 12.8 Å². The summed E-state index contributed by atoms with van der Waals surface area (Å²) in [5.41, 5.74) is 3.03. The van der Waals surface area contributed by atoms with E-state index in [2.05, 4.69) is 10.3 Å². The molecule has 7 nitrogen and oxygen atoms in total. The molecule has 1 aliphatic heterocycles. The monoisotopic (exact) mass is 364 g/mol. The van der Waals surface area contributed by atoms with Crippen LogP contribution in [0.4, 0.5) is 21.9 Å². The van der Waals surface area contributed by atoms with Crippen LogP contribution in [-0.4, -0.2) is 38.2 Å². The number of hydrogen-bond donors (Lipinski definition) is 1. The molecule has 3 rings (SSSR count). The van der Waals surface area contributed by atoms with Crippen molar-refractivity contribution >= 4 is 41.1 Å². The number of hydrogen-bond acceptors (Lipinski definition) is 5. The Labute approximate surface area is 157 Å². The number of aliphatic imine (C=N–C) groups is 1. The molecular formula is C20H20N4O3. The molecule has 0 spiro atoms. The van der Waals surface area contributed by atoms with Crippen LogP contribution in [0.15, 0.2) is 53.5 Å². The summed E-state index contributed by atoms with van der Waals surface area (Å²) < 4.78 is 0. The van der Waals surface area contributed by atoms with E-state index in [1.165, 1.54) is 6.21 Å². The zero-order chi connectivity index (χ0) is 19.6. The Hall–Kier alpha value is -3.48. The maximum atomic E-state index is 12.7. The highest BCUT2D eigenvalue weighted by Crippen LogP contribution is 2.22. The van der Waals surface area contributed by atoms with Gasteiger partial charge in [0, 0.05) is 26.0 Å². The summed E-state index contributed by atoms with van der Waals surface area (Å²) >= 11 is 0. The van der Waals surface area contributed by atoms with Gasteiger partial charge in [-0.1, -0.05) is 17.7 Å². The number of barbiturate groups is 1. The minimum atomic E-state index is -1.17. The Bertz CT molecular complexity index is 902. The molecule has 138 valence electrons. The molecule has 1 saturated heterocycles. The lowest BCUT2D eigenvalue weighted by Crippen LogP contribution is -2.58. The normalized spacial score (nSPS) is 17.4. The summed E-state index contributed by atoms with van der Waals surface area (Å²) in [6.45, 7) is 1.91. The quantitative estimate of drug-likeness (QED) is 0.668. The van der Waals surface area contributed by atoms with Gasteiger partial charge in [-0.3, -0.25) is 19.9 Å². The first-order chi connectivity index (χ1) is 12.9. The second-order valence-corrected chi connectivity index (χ2v) is 6.47. The molecule has 0 bridgehead atoms. The first-order valence-corrected chi connectivity index (χ1v) is 8.44. The minimum Gasteiger partial charge on any atom is -0.378 e. The fraction of sp³-hybridized carbons (Fsp3) is 0.200. The maximum Gasteiger partial charge on any atom is 0.335 e. The van der Waals surface area contributed by atoms with Crippen LogP contribution < -0.4 is 15.1 Å². The van der Waals surface area contributed by atoms with Gasteiger partial charge in [0.1, 0.15) is 0 Å². The molecule has 1 aliphatic rings. The van der Waals surface area contributed by atoms with Gasteiger partial charge in [0.15, 0.2) is 5.92 Å². The number of rotatable bonds is 4. The highest BCUT2D eigenvalue weighted by Gasteiger charge is 2.40. The van der Waals surface area contributed by atoms with Crippen molar-refractivity contribution in [1.29, 1.82) is 0 Å². The average molecular weight is 364 g/mol. The number of carbonyl (C=O) groups excluding carboxylic acids is 3. The van der Waals surface area contributed by atoms with E-state index in [1.807, 2.05) is 38.1 Å². The number of carbonyl (C=O) groups is 3. The summed E-state index contributed by atoms with van der Waals surface area (Å²) in [5.74, 6) is -2.47. The van der Waals surface area contributed by atoms with Crippen molar-refractivity contribution < 1.29 is 14.4 Å². The third-order valence-electron chi connectivity index (χ3n) is 4.23. The van der Waals surface area contributed by atoms with Gasteiger partial charge < -0.3 is 4.90 Å². The average Bonchev–Trinajstić information content (AvgIpc) is 2.63. The number of imide groups is 2. The molecule has 0 radical (unpaired) electrons. The maximum absolute atomic E-state index is 12.7. The molecule has 0 aliphatic carbocycles. The Morgan fingerprint density at radius 1 is 1.00 bits per heavy atom. The van der Waals surface area contributed by atoms with E-state index in [0.717, 1.165) is 16.2 Å². The molecule has 27 heavy (non-hydrogen) atoms.